The third kappa shape index (κ3) is 44.1. The van der Waals surface area contributed by atoms with Gasteiger partial charge in [-0.05, 0) is 113 Å². The highest BCUT2D eigenvalue weighted by Crippen LogP contribution is 2.49. The zero-order chi connectivity index (χ0) is 57.2. The van der Waals surface area contributed by atoms with Gasteiger partial charge in [0, 0.05) is 0 Å². The molecular weight excluding hydrogens is 1170 g/mol. The van der Waals surface area contributed by atoms with E-state index in [0.717, 1.165) is 88.2 Å². The molecule has 0 aliphatic heterocycles. The van der Waals surface area contributed by atoms with Crippen LogP contribution in [0.5, 0.6) is 0 Å². The fourth-order valence-corrected chi connectivity index (χ4v) is 6.89. The summed E-state index contributed by atoms with van der Waals surface area (Å²) in [6.45, 7) is 19.4. The number of carbonyl (C=O) groups excluding carboxylic acids is 4. The third-order valence-electron chi connectivity index (χ3n) is 11.1. The van der Waals surface area contributed by atoms with E-state index in [4.69, 9.17) is 47.4 Å². The molecule has 0 bridgehead atoms. The predicted molar refractivity (Wildman–Crippen MR) is 326 cm³/mol. The highest BCUT2D eigenvalue weighted by Gasteiger charge is 2.31. The van der Waals surface area contributed by atoms with Crippen molar-refractivity contribution in [2.24, 2.45) is 17.8 Å². The van der Waals surface area contributed by atoms with Gasteiger partial charge in [0.05, 0.1) is 27.5 Å². The zero-order valence-corrected chi connectivity index (χ0v) is 51.3. The van der Waals surface area contributed by atoms with E-state index >= 15 is 0 Å². The van der Waals surface area contributed by atoms with E-state index in [2.05, 4.69) is 57.9 Å². The van der Waals surface area contributed by atoms with Crippen molar-refractivity contribution < 1.29 is 81.2 Å². The first-order valence-electron chi connectivity index (χ1n) is 25.8. The van der Waals surface area contributed by atoms with Crippen molar-refractivity contribution in [3.63, 3.8) is 0 Å². The first-order chi connectivity index (χ1) is 34.9. The van der Waals surface area contributed by atoms with Gasteiger partial charge in [-0.1, -0.05) is 180 Å². The zero-order valence-electron chi connectivity index (χ0n) is 46.7. The lowest BCUT2D eigenvalue weighted by Crippen LogP contribution is -3.00. The lowest BCUT2D eigenvalue weighted by molar-refractivity contribution is -0.423. The number of aliphatic hydroxyl groups is 1. The Kier molecular flexibility index (Phi) is 61.0. The lowest BCUT2D eigenvalue weighted by atomic mass is 9.98. The van der Waals surface area contributed by atoms with Gasteiger partial charge in [0.2, 0.25) is 6.04 Å². The van der Waals surface area contributed by atoms with Crippen LogP contribution in [0.15, 0.2) is 60.7 Å². The van der Waals surface area contributed by atoms with Crippen LogP contribution in [-0.4, -0.2) is 108 Å². The smallest absolute Gasteiger partial charge is 0.366 e. The molecule has 78 heavy (non-hydrogen) atoms. The molecule has 7 atom stereocenters. The van der Waals surface area contributed by atoms with Gasteiger partial charge in [-0.2, -0.15) is 0 Å². The molecule has 16 nitrogen and oxygen atoms in total. The molecule has 0 fully saturated rings. The Bertz CT molecular complexity index is 1910. The summed E-state index contributed by atoms with van der Waals surface area (Å²) in [4.78, 5) is 69.2. The van der Waals surface area contributed by atoms with E-state index in [-0.39, 0.29) is 77.6 Å². The number of halogens is 2. The Balaban J connectivity index is -0.000000170. The average Bonchev–Trinajstić information content (AvgIpc) is 3.36. The van der Waals surface area contributed by atoms with Gasteiger partial charge in [-0.3, -0.25) is 24.0 Å². The number of terminal acetylenes is 1. The molecule has 1 unspecified atom stereocenters. The highest BCUT2D eigenvalue weighted by atomic mass is 127. The van der Waals surface area contributed by atoms with E-state index in [1.165, 1.54) is 0 Å². The minimum absolute atomic E-state index is 0. The topological polar surface area (TPSA) is 252 Å². The summed E-state index contributed by atoms with van der Waals surface area (Å²) in [6, 6.07) is 16.6. The van der Waals surface area contributed by atoms with E-state index in [1.807, 2.05) is 95.0 Å². The van der Waals surface area contributed by atoms with Gasteiger partial charge in [-0.25, -0.2) is 4.79 Å². The number of benzene rings is 2. The van der Waals surface area contributed by atoms with Crippen molar-refractivity contribution >= 4 is 73.3 Å². The van der Waals surface area contributed by atoms with Crippen molar-refractivity contribution in [2.75, 3.05) is 20.8 Å². The fourth-order valence-electron chi connectivity index (χ4n) is 6.89. The lowest BCUT2D eigenvalue weighted by Gasteiger charge is -2.24. The van der Waals surface area contributed by atoms with Gasteiger partial charge < -0.3 is 63.0 Å². The number of carbonyl (C=O) groups is 6. The normalized spacial score (nSPS) is 13.0. The second-order valence-electron chi connectivity index (χ2n) is 17.8. The van der Waals surface area contributed by atoms with Crippen molar-refractivity contribution in [2.45, 2.75) is 211 Å². The summed E-state index contributed by atoms with van der Waals surface area (Å²) in [7, 11) is 3.27. The predicted octanol–water partition coefficient (Wildman–Crippen LogP) is 8.23. The van der Waals surface area contributed by atoms with Crippen molar-refractivity contribution in [3.05, 3.63) is 71.8 Å². The molecule has 0 radical (unpaired) electrons. The van der Waals surface area contributed by atoms with Crippen LogP contribution in [0, 0.1) is 29.8 Å². The molecular formula is C58H104ClIN3O13PS. The molecule has 0 spiro atoms. The average molecular weight is 1280 g/mol. The molecule has 2 aromatic carbocycles. The maximum absolute atomic E-state index is 12.4. The largest absolute Gasteiger partial charge is 1.00 e. The van der Waals surface area contributed by atoms with E-state index < -0.39 is 64.0 Å². The number of likely N-dealkylation sites (N-methyl/N-ethyl adjacent to an activating group) is 2. The van der Waals surface area contributed by atoms with Gasteiger partial charge >= 0.3 is 35.8 Å². The third-order valence-corrected chi connectivity index (χ3v) is 12.7. The van der Waals surface area contributed by atoms with Crippen LogP contribution in [0.25, 0.3) is 0 Å². The quantitative estimate of drug-likeness (QED) is 0.0148. The van der Waals surface area contributed by atoms with Gasteiger partial charge in [0.25, 0.3) is 0 Å². The molecule has 0 aliphatic rings. The molecule has 8 N–H and O–H groups in total. The van der Waals surface area contributed by atoms with E-state index in [9.17, 15) is 33.9 Å². The van der Waals surface area contributed by atoms with E-state index in [1.54, 1.807) is 34.9 Å². The Morgan fingerprint density at radius 3 is 1.15 bits per heavy atom. The van der Waals surface area contributed by atoms with Crippen LogP contribution in [0.4, 0.5) is 0 Å². The second kappa shape index (κ2) is 53.9. The molecule has 2 aromatic rings. The summed E-state index contributed by atoms with van der Waals surface area (Å²) < 4.78 is 19.8. The Hall–Kier alpha value is -3.67. The van der Waals surface area contributed by atoms with Crippen LogP contribution < -0.4 is 28.8 Å². The van der Waals surface area contributed by atoms with Crippen LogP contribution in [0.1, 0.15) is 173 Å². The molecule has 2 rings (SSSR count). The number of rotatable bonds is 29. The minimum Gasteiger partial charge on any atom is -1.00 e. The molecule has 0 aromatic heterocycles. The summed E-state index contributed by atoms with van der Waals surface area (Å²) in [5, 5.41) is 32.3. The SMILES string of the molecule is C.C.C.C#CP(C)(=S)I.CCCC(CCC)C(=O)O.CCCC(CCC)C(=O)O[C@@H](C)[C@H](NC)C(=O)OCc1ccccc1.CCCC(CCC)C(=O)O[C@@H](C)[C@H]([NH3+])C(=O)O.CN[C@H](C(=O)OCc1ccccc1)[C@@H](C)O.[Cl-]. The number of ether oxygens (including phenoxy) is 4. The minimum atomic E-state index is -1.32. The second-order valence-corrected chi connectivity index (χ2v) is 29.6. The Morgan fingerprint density at radius 2 is 0.897 bits per heavy atom. The summed E-state index contributed by atoms with van der Waals surface area (Å²) in [5.74, 6) is -3.39. The maximum Gasteiger partial charge on any atom is 0.366 e. The van der Waals surface area contributed by atoms with Gasteiger partial charge in [0.1, 0.15) is 31.4 Å². The van der Waals surface area contributed by atoms with Gasteiger partial charge in [0.15, 0.2) is 6.10 Å². The standard InChI is InChI=1S/C20H31NO4.C12H23NO4.C12H17NO3.C8H16O2.C3H4IPS.3CH4.ClH/c1-5-10-17(11-6-2)19(22)25-15(3)18(21-4)20(23)24-14-16-12-8-7-9-13-16;1-4-6-9(7-5-2)12(16)17-8(3)10(13)11(14)15;1-9(14)11(13-2)12(15)16-8-10-6-4-3-5-7-10;1-3-5-7(6-4-2)8(9)10;1-3-5(2,4)6;;;;/h7-9,12-13,15,17-18,21H,5-6,10-11,14H2,1-4H3;8-10H,4-7,13H2,1-3H3,(H,14,15);3-7,9,11,13-14H,8H2,1-2H3;7H,3-6H2,1-2H3,(H,9,10);1H,2H3;3*1H4;1H/t15-,18-;8-,10-;9-,11+;;;;;;/m001....../s1. The Morgan fingerprint density at radius 1 is 0.603 bits per heavy atom. The van der Waals surface area contributed by atoms with Crippen molar-refractivity contribution in [3.8, 4) is 12.1 Å². The molecule has 454 valence electrons. The molecule has 0 saturated carbocycles. The number of esters is 4. The number of carboxylic acids is 2. The van der Waals surface area contributed by atoms with Crippen LogP contribution in [-0.2, 0) is 72.7 Å². The summed E-state index contributed by atoms with van der Waals surface area (Å²) in [6.07, 6.45) is 13.4. The number of hydrogen-bond donors (Lipinski definition) is 6. The summed E-state index contributed by atoms with van der Waals surface area (Å²) >= 11 is 6.98. The first kappa shape index (κ1) is 88.2. The number of aliphatic carboxylic acids is 2. The van der Waals surface area contributed by atoms with E-state index in [0.29, 0.717) is 0 Å². The number of hydrogen-bond acceptors (Lipinski definition) is 14. The Labute approximate surface area is 495 Å². The number of carboxylic acid groups (broad SMARTS) is 2. The first-order valence-corrected chi connectivity index (χ1v) is 31.8. The van der Waals surface area contributed by atoms with Crippen molar-refractivity contribution in [1.29, 1.82) is 0 Å². The van der Waals surface area contributed by atoms with Crippen LogP contribution in [0.3, 0.4) is 0 Å². The molecule has 0 aliphatic carbocycles. The maximum atomic E-state index is 12.4. The molecule has 0 saturated heterocycles. The fraction of sp³-hybridized carbons (Fsp3) is 0.655. The van der Waals surface area contributed by atoms with Gasteiger partial charge in [-0.15, -0.1) is 6.42 Å². The molecule has 0 heterocycles. The highest BCUT2D eigenvalue weighted by molar-refractivity contribution is 14.2. The molecule has 20 heteroatoms. The number of nitrogens with one attached hydrogen (secondary N) is 2. The summed E-state index contributed by atoms with van der Waals surface area (Å²) in [5.41, 5.74) is 7.83. The van der Waals surface area contributed by atoms with Crippen LogP contribution >= 0.6 is 25.7 Å². The number of aliphatic hydroxyl groups excluding tert-OH is 1. The molecule has 0 amide bonds. The van der Waals surface area contributed by atoms with Crippen molar-refractivity contribution in [1.82, 2.24) is 10.6 Å². The van der Waals surface area contributed by atoms with Crippen LogP contribution in [0.2, 0.25) is 0 Å². The monoisotopic (exact) mass is 1280 g/mol. The number of quaternary nitrogens is 1.